The van der Waals surface area contributed by atoms with E-state index in [2.05, 4.69) is 28.6 Å². The van der Waals surface area contributed by atoms with Gasteiger partial charge in [-0.05, 0) is 82.3 Å². The van der Waals surface area contributed by atoms with Gasteiger partial charge in [-0.2, -0.15) is 4.31 Å². The molecule has 0 radical (unpaired) electrons. The number of hydrogen-bond acceptors (Lipinski definition) is 4. The van der Waals surface area contributed by atoms with Crippen LogP contribution in [-0.4, -0.2) is 67.4 Å². The van der Waals surface area contributed by atoms with Gasteiger partial charge in [0.25, 0.3) is 0 Å². The summed E-state index contributed by atoms with van der Waals surface area (Å²) in [6.07, 6.45) is 6.69. The van der Waals surface area contributed by atoms with Gasteiger partial charge in [-0.25, -0.2) is 8.42 Å². The third-order valence-corrected chi connectivity index (χ3v) is 9.13. The van der Waals surface area contributed by atoms with Crippen molar-refractivity contribution >= 4 is 26.8 Å². The van der Waals surface area contributed by atoms with Crippen LogP contribution in [0, 0.1) is 11.8 Å². The summed E-state index contributed by atoms with van der Waals surface area (Å²) in [6, 6.07) is 7.31. The monoisotopic (exact) mass is 474 g/mol. The number of rotatable bonds is 8. The number of nitrogens with zero attached hydrogens (tertiary/aromatic N) is 3. The average Bonchev–Trinajstić information content (AvgIpc) is 3.24. The van der Waals surface area contributed by atoms with E-state index in [1.807, 2.05) is 18.3 Å². The molecule has 2 aliphatic rings. The topological polar surface area (TPSA) is 74.6 Å². The third kappa shape index (κ3) is 5.61. The van der Waals surface area contributed by atoms with Crippen molar-refractivity contribution < 1.29 is 13.2 Å². The molecule has 2 aliphatic heterocycles. The first-order valence-corrected chi connectivity index (χ1v) is 13.9. The van der Waals surface area contributed by atoms with Crippen molar-refractivity contribution in [3.63, 3.8) is 0 Å². The highest BCUT2D eigenvalue weighted by atomic mass is 32.2. The number of benzene rings is 1. The van der Waals surface area contributed by atoms with Crippen molar-refractivity contribution in [1.82, 2.24) is 19.1 Å². The summed E-state index contributed by atoms with van der Waals surface area (Å²) in [7, 11) is -3.55. The highest BCUT2D eigenvalue weighted by Crippen LogP contribution is 2.27. The van der Waals surface area contributed by atoms with Gasteiger partial charge in [-0.15, -0.1) is 0 Å². The summed E-state index contributed by atoms with van der Waals surface area (Å²) in [5.74, 6) is 0.739. The van der Waals surface area contributed by atoms with Crippen molar-refractivity contribution in [3.8, 4) is 0 Å². The number of sulfonamides is 1. The minimum absolute atomic E-state index is 0.0707. The van der Waals surface area contributed by atoms with E-state index in [9.17, 15) is 13.2 Å². The number of likely N-dealkylation sites (tertiary alicyclic amines) is 1. The van der Waals surface area contributed by atoms with Crippen LogP contribution >= 0.6 is 0 Å². The second-order valence-electron chi connectivity index (χ2n) is 9.69. The molecule has 33 heavy (non-hydrogen) atoms. The number of aryl methyl sites for hydroxylation is 1. The predicted octanol–water partition coefficient (Wildman–Crippen LogP) is 3.30. The van der Waals surface area contributed by atoms with Gasteiger partial charge < -0.3 is 14.8 Å². The lowest BCUT2D eigenvalue weighted by atomic mass is 9.97. The molecule has 8 heteroatoms. The summed E-state index contributed by atoms with van der Waals surface area (Å²) >= 11 is 0. The molecule has 0 spiro atoms. The quantitative estimate of drug-likeness (QED) is 0.596. The molecule has 1 aromatic heterocycles. The van der Waals surface area contributed by atoms with Crippen molar-refractivity contribution in [2.24, 2.45) is 11.8 Å². The van der Waals surface area contributed by atoms with E-state index in [1.54, 1.807) is 12.1 Å². The Morgan fingerprint density at radius 3 is 2.64 bits per heavy atom. The van der Waals surface area contributed by atoms with Crippen LogP contribution in [0.3, 0.4) is 0 Å². The molecule has 2 fully saturated rings. The summed E-state index contributed by atoms with van der Waals surface area (Å²) in [5, 5.41) is 4.02. The van der Waals surface area contributed by atoms with Gasteiger partial charge in [0.2, 0.25) is 15.9 Å². The van der Waals surface area contributed by atoms with Crippen LogP contribution in [0.15, 0.2) is 35.4 Å². The molecule has 2 saturated heterocycles. The van der Waals surface area contributed by atoms with Crippen LogP contribution in [0.25, 0.3) is 10.9 Å². The second-order valence-corrected chi connectivity index (χ2v) is 11.6. The normalized spacial score (nSPS) is 21.5. The highest BCUT2D eigenvalue weighted by molar-refractivity contribution is 7.89. The number of aromatic nitrogens is 1. The maximum absolute atomic E-state index is 13.2. The molecule has 0 unspecified atom stereocenters. The molecule has 1 amide bonds. The number of amides is 1. The SMILES string of the molecule is CCn1ccc2cc(S(=O)(=O)N3CCC(C(=O)NCCCN4CCC[C@H](C)C4)CC3)ccc21. The van der Waals surface area contributed by atoms with E-state index in [-0.39, 0.29) is 11.8 Å². The molecule has 2 aromatic rings. The average molecular weight is 475 g/mol. The Morgan fingerprint density at radius 1 is 1.12 bits per heavy atom. The Hall–Kier alpha value is -1.90. The van der Waals surface area contributed by atoms with Crippen LogP contribution in [0.2, 0.25) is 0 Å². The Bertz CT molecular complexity index is 1060. The number of fused-ring (bicyclic) bond motifs is 1. The largest absolute Gasteiger partial charge is 0.356 e. The molecule has 4 rings (SSSR count). The zero-order valence-corrected chi connectivity index (χ0v) is 20.8. The van der Waals surface area contributed by atoms with E-state index in [0.717, 1.165) is 42.9 Å². The Labute approximate surface area is 198 Å². The predicted molar refractivity (Wildman–Crippen MR) is 132 cm³/mol. The van der Waals surface area contributed by atoms with E-state index >= 15 is 0 Å². The summed E-state index contributed by atoms with van der Waals surface area (Å²) in [6.45, 7) is 10.1. The highest BCUT2D eigenvalue weighted by Gasteiger charge is 2.32. The molecule has 7 nitrogen and oxygen atoms in total. The minimum atomic E-state index is -3.55. The molecule has 1 aromatic carbocycles. The van der Waals surface area contributed by atoms with Gasteiger partial charge in [0.15, 0.2) is 0 Å². The van der Waals surface area contributed by atoms with Gasteiger partial charge in [0, 0.05) is 55.7 Å². The second kappa shape index (κ2) is 10.6. The molecule has 182 valence electrons. The summed E-state index contributed by atoms with van der Waals surface area (Å²) in [5.41, 5.74) is 1.04. The van der Waals surface area contributed by atoms with Crippen molar-refractivity contribution in [2.45, 2.75) is 57.4 Å². The van der Waals surface area contributed by atoms with E-state index in [4.69, 9.17) is 0 Å². The van der Waals surface area contributed by atoms with Crippen LogP contribution in [0.1, 0.15) is 46.0 Å². The zero-order chi connectivity index (χ0) is 23.4. The molecular weight excluding hydrogens is 436 g/mol. The van der Waals surface area contributed by atoms with E-state index < -0.39 is 10.0 Å². The molecule has 3 heterocycles. The summed E-state index contributed by atoms with van der Waals surface area (Å²) < 4.78 is 30.0. The Balaban J connectivity index is 1.25. The number of piperidine rings is 2. The van der Waals surface area contributed by atoms with Crippen LogP contribution < -0.4 is 5.32 Å². The third-order valence-electron chi connectivity index (χ3n) is 7.24. The zero-order valence-electron chi connectivity index (χ0n) is 20.0. The lowest BCUT2D eigenvalue weighted by molar-refractivity contribution is -0.126. The van der Waals surface area contributed by atoms with Gasteiger partial charge in [-0.3, -0.25) is 4.79 Å². The maximum atomic E-state index is 13.2. The van der Waals surface area contributed by atoms with Gasteiger partial charge >= 0.3 is 0 Å². The lowest BCUT2D eigenvalue weighted by Gasteiger charge is -2.31. The number of carbonyl (C=O) groups excluding carboxylic acids is 1. The molecule has 1 atom stereocenters. The Kier molecular flexibility index (Phi) is 7.76. The van der Waals surface area contributed by atoms with Crippen LogP contribution in [0.5, 0.6) is 0 Å². The van der Waals surface area contributed by atoms with Crippen molar-refractivity contribution in [3.05, 3.63) is 30.5 Å². The van der Waals surface area contributed by atoms with Gasteiger partial charge in [0.05, 0.1) is 4.90 Å². The van der Waals surface area contributed by atoms with Gasteiger partial charge in [0.1, 0.15) is 0 Å². The van der Waals surface area contributed by atoms with Crippen molar-refractivity contribution in [1.29, 1.82) is 0 Å². The fourth-order valence-electron chi connectivity index (χ4n) is 5.27. The first-order chi connectivity index (χ1) is 15.9. The smallest absolute Gasteiger partial charge is 0.243 e. The molecule has 1 N–H and O–H groups in total. The standard InChI is InChI=1S/C25H38N4O3S/c1-3-28-15-9-22-18-23(7-8-24(22)28)33(31,32)29-16-10-21(11-17-29)25(30)26-12-5-14-27-13-4-6-20(2)19-27/h7-9,15,18,20-21H,3-6,10-14,16-17,19H2,1-2H3,(H,26,30)/t20-/m0/s1. The molecular formula is C25H38N4O3S. The minimum Gasteiger partial charge on any atom is -0.356 e. The molecule has 0 bridgehead atoms. The molecule has 0 aliphatic carbocycles. The number of carbonyl (C=O) groups is 1. The van der Waals surface area contributed by atoms with E-state index in [1.165, 1.54) is 23.7 Å². The first kappa shape index (κ1) is 24.2. The molecule has 0 saturated carbocycles. The summed E-state index contributed by atoms with van der Waals surface area (Å²) in [4.78, 5) is 15.4. The first-order valence-electron chi connectivity index (χ1n) is 12.5. The van der Waals surface area contributed by atoms with Crippen molar-refractivity contribution in [2.75, 3.05) is 39.3 Å². The Morgan fingerprint density at radius 2 is 1.91 bits per heavy atom. The number of nitrogens with one attached hydrogen (secondary N) is 1. The lowest BCUT2D eigenvalue weighted by Crippen LogP contribution is -2.43. The number of hydrogen-bond donors (Lipinski definition) is 1. The fourth-order valence-corrected chi connectivity index (χ4v) is 6.78. The van der Waals surface area contributed by atoms with Crippen LogP contribution in [-0.2, 0) is 21.4 Å². The van der Waals surface area contributed by atoms with E-state index in [0.29, 0.717) is 37.4 Å². The fraction of sp³-hybridized carbons (Fsp3) is 0.640. The van der Waals surface area contributed by atoms with Crippen LogP contribution in [0.4, 0.5) is 0 Å². The maximum Gasteiger partial charge on any atom is 0.243 e. The van der Waals surface area contributed by atoms with Gasteiger partial charge in [-0.1, -0.05) is 6.92 Å².